The number of aromatic nitrogens is 2. The molecule has 1 aliphatic rings. The molecule has 0 saturated carbocycles. The van der Waals surface area contributed by atoms with Gasteiger partial charge in [-0.2, -0.15) is 5.10 Å². The lowest BCUT2D eigenvalue weighted by molar-refractivity contribution is -0.125. The molecular formula is C19H14ClFN4O2. The number of amides is 2. The van der Waals surface area contributed by atoms with Gasteiger partial charge in [-0.1, -0.05) is 23.7 Å². The third-order valence-corrected chi connectivity index (χ3v) is 4.48. The highest BCUT2D eigenvalue weighted by atomic mass is 35.5. The van der Waals surface area contributed by atoms with E-state index in [9.17, 15) is 14.0 Å². The normalized spacial score (nSPS) is 15.8. The average Bonchev–Trinajstić information content (AvgIpc) is 3.07. The zero-order valence-electron chi connectivity index (χ0n) is 13.9. The largest absolute Gasteiger partial charge is 0.324 e. The molecule has 6 nitrogen and oxygen atoms in total. The molecule has 3 aromatic rings. The summed E-state index contributed by atoms with van der Waals surface area (Å²) in [5.41, 5.74) is 1.87. The molecule has 1 aliphatic heterocycles. The van der Waals surface area contributed by atoms with Crippen LogP contribution in [0, 0.1) is 5.82 Å². The number of rotatable bonds is 3. The van der Waals surface area contributed by atoms with E-state index in [1.54, 1.807) is 18.2 Å². The van der Waals surface area contributed by atoms with Gasteiger partial charge in [-0.25, -0.2) is 9.07 Å². The van der Waals surface area contributed by atoms with Gasteiger partial charge in [-0.3, -0.25) is 9.59 Å². The third-order valence-electron chi connectivity index (χ3n) is 4.23. The third kappa shape index (κ3) is 3.54. The Morgan fingerprint density at radius 1 is 1.19 bits per heavy atom. The second-order valence-electron chi connectivity index (χ2n) is 6.13. The molecule has 136 valence electrons. The summed E-state index contributed by atoms with van der Waals surface area (Å²) in [4.78, 5) is 24.7. The van der Waals surface area contributed by atoms with Crippen LogP contribution in [0.5, 0.6) is 0 Å². The van der Waals surface area contributed by atoms with Crippen molar-refractivity contribution in [2.24, 2.45) is 0 Å². The topological polar surface area (TPSA) is 76.0 Å². The number of benzene rings is 2. The maximum absolute atomic E-state index is 13.0. The first-order valence-electron chi connectivity index (χ1n) is 8.21. The van der Waals surface area contributed by atoms with Crippen LogP contribution in [0.2, 0.25) is 5.02 Å². The lowest BCUT2D eigenvalue weighted by Gasteiger charge is -2.23. The van der Waals surface area contributed by atoms with Crippen molar-refractivity contribution in [3.63, 3.8) is 0 Å². The molecule has 0 saturated heterocycles. The van der Waals surface area contributed by atoms with Gasteiger partial charge in [0.15, 0.2) is 0 Å². The average molecular weight is 385 g/mol. The van der Waals surface area contributed by atoms with E-state index in [-0.39, 0.29) is 12.3 Å². The van der Waals surface area contributed by atoms with E-state index in [0.717, 1.165) is 5.56 Å². The van der Waals surface area contributed by atoms with E-state index >= 15 is 0 Å². The Morgan fingerprint density at radius 2 is 1.89 bits per heavy atom. The van der Waals surface area contributed by atoms with Crippen molar-refractivity contribution in [2.45, 2.75) is 12.5 Å². The molecule has 2 heterocycles. The molecule has 2 aromatic carbocycles. The Balaban J connectivity index is 1.63. The van der Waals surface area contributed by atoms with Crippen LogP contribution in [-0.4, -0.2) is 21.6 Å². The SMILES string of the molecule is O=C1C[C@H](C(=O)Nc2ccc(F)cc2)n2nc(-c3ccc(Cl)cc3)cc2N1. The van der Waals surface area contributed by atoms with Crippen molar-refractivity contribution in [3.8, 4) is 11.3 Å². The maximum Gasteiger partial charge on any atom is 0.249 e. The molecule has 0 fully saturated rings. The summed E-state index contributed by atoms with van der Waals surface area (Å²) in [7, 11) is 0. The van der Waals surface area contributed by atoms with Gasteiger partial charge in [0.05, 0.1) is 12.1 Å². The van der Waals surface area contributed by atoms with Crippen LogP contribution >= 0.6 is 11.6 Å². The summed E-state index contributed by atoms with van der Waals surface area (Å²) in [6.45, 7) is 0. The van der Waals surface area contributed by atoms with Crippen LogP contribution in [-0.2, 0) is 9.59 Å². The fourth-order valence-electron chi connectivity index (χ4n) is 2.91. The zero-order chi connectivity index (χ0) is 19.0. The lowest BCUT2D eigenvalue weighted by atomic mass is 10.1. The quantitative estimate of drug-likeness (QED) is 0.719. The highest BCUT2D eigenvalue weighted by Crippen LogP contribution is 2.30. The number of fused-ring (bicyclic) bond motifs is 1. The zero-order valence-corrected chi connectivity index (χ0v) is 14.7. The Kier molecular flexibility index (Phi) is 4.37. The number of hydrogen-bond acceptors (Lipinski definition) is 3. The number of nitrogens with zero attached hydrogens (tertiary/aromatic N) is 2. The van der Waals surface area contributed by atoms with E-state index < -0.39 is 17.8 Å². The fraction of sp³-hybridized carbons (Fsp3) is 0.105. The molecule has 0 spiro atoms. The van der Waals surface area contributed by atoms with E-state index in [0.29, 0.717) is 22.2 Å². The number of nitrogens with one attached hydrogen (secondary N) is 2. The monoisotopic (exact) mass is 384 g/mol. The van der Waals surface area contributed by atoms with Crippen LogP contribution in [0.1, 0.15) is 12.5 Å². The molecule has 0 bridgehead atoms. The minimum atomic E-state index is -0.806. The maximum atomic E-state index is 13.0. The molecule has 2 N–H and O–H groups in total. The molecule has 1 aromatic heterocycles. The number of hydrogen-bond donors (Lipinski definition) is 2. The van der Waals surface area contributed by atoms with Gasteiger partial charge < -0.3 is 10.6 Å². The molecule has 8 heteroatoms. The van der Waals surface area contributed by atoms with Gasteiger partial charge in [0, 0.05) is 22.3 Å². The summed E-state index contributed by atoms with van der Waals surface area (Å²) < 4.78 is 14.5. The molecule has 0 radical (unpaired) electrons. The lowest BCUT2D eigenvalue weighted by Crippen LogP contribution is -2.35. The Bertz CT molecular complexity index is 1020. The summed E-state index contributed by atoms with van der Waals surface area (Å²) in [5, 5.41) is 10.5. The second kappa shape index (κ2) is 6.85. The van der Waals surface area contributed by atoms with Crippen LogP contribution in [0.4, 0.5) is 15.9 Å². The first kappa shape index (κ1) is 17.2. The van der Waals surface area contributed by atoms with Crippen LogP contribution in [0.3, 0.4) is 0 Å². The minimum absolute atomic E-state index is 0.0399. The van der Waals surface area contributed by atoms with E-state index in [1.807, 2.05) is 12.1 Å². The van der Waals surface area contributed by atoms with Gasteiger partial charge in [0.2, 0.25) is 11.8 Å². The van der Waals surface area contributed by atoms with E-state index in [4.69, 9.17) is 11.6 Å². The fourth-order valence-corrected chi connectivity index (χ4v) is 3.03. The van der Waals surface area contributed by atoms with Gasteiger partial charge in [-0.05, 0) is 36.4 Å². The number of anilines is 2. The van der Waals surface area contributed by atoms with E-state index in [2.05, 4.69) is 15.7 Å². The summed E-state index contributed by atoms with van der Waals surface area (Å²) in [5.74, 6) is -0.629. The van der Waals surface area contributed by atoms with Crippen molar-refractivity contribution in [1.82, 2.24) is 9.78 Å². The van der Waals surface area contributed by atoms with Crippen molar-refractivity contribution in [1.29, 1.82) is 0 Å². The molecule has 27 heavy (non-hydrogen) atoms. The Hall–Kier alpha value is -3.19. The predicted octanol–water partition coefficient (Wildman–Crippen LogP) is 3.86. The first-order valence-corrected chi connectivity index (χ1v) is 8.59. The second-order valence-corrected chi connectivity index (χ2v) is 6.57. The van der Waals surface area contributed by atoms with Crippen LogP contribution in [0.25, 0.3) is 11.3 Å². The van der Waals surface area contributed by atoms with Crippen LogP contribution in [0.15, 0.2) is 54.6 Å². The molecule has 1 atom stereocenters. The molecule has 4 rings (SSSR count). The van der Waals surface area contributed by atoms with Crippen molar-refractivity contribution in [2.75, 3.05) is 10.6 Å². The summed E-state index contributed by atoms with van der Waals surface area (Å²) in [6, 6.07) is 13.4. The number of halogens is 2. The van der Waals surface area contributed by atoms with E-state index in [1.165, 1.54) is 28.9 Å². The predicted molar refractivity (Wildman–Crippen MR) is 100.0 cm³/mol. The summed E-state index contributed by atoms with van der Waals surface area (Å²) in [6.07, 6.45) is -0.0399. The molecule has 2 amide bonds. The Labute approximate surface area is 158 Å². The standard InChI is InChI=1S/C19H14ClFN4O2/c20-12-3-1-11(2-4-12)15-9-17-23-18(26)10-16(25(17)24-15)19(27)22-14-7-5-13(21)6-8-14/h1-9,16H,10H2,(H,22,27)(H,23,26)/t16-/m1/s1. The highest BCUT2D eigenvalue weighted by Gasteiger charge is 2.32. The smallest absolute Gasteiger partial charge is 0.249 e. The van der Waals surface area contributed by atoms with Crippen molar-refractivity contribution < 1.29 is 14.0 Å². The summed E-state index contributed by atoms with van der Waals surface area (Å²) >= 11 is 5.91. The van der Waals surface area contributed by atoms with Crippen molar-refractivity contribution in [3.05, 3.63) is 65.4 Å². The number of carbonyl (C=O) groups excluding carboxylic acids is 2. The highest BCUT2D eigenvalue weighted by molar-refractivity contribution is 6.30. The van der Waals surface area contributed by atoms with Gasteiger partial charge in [0.1, 0.15) is 17.7 Å². The first-order chi connectivity index (χ1) is 13.0. The molecular weight excluding hydrogens is 371 g/mol. The van der Waals surface area contributed by atoms with Crippen molar-refractivity contribution >= 4 is 34.9 Å². The van der Waals surface area contributed by atoms with Gasteiger partial charge in [-0.15, -0.1) is 0 Å². The molecule has 0 unspecified atom stereocenters. The van der Waals surface area contributed by atoms with Crippen LogP contribution < -0.4 is 10.6 Å². The van der Waals surface area contributed by atoms with Gasteiger partial charge >= 0.3 is 0 Å². The minimum Gasteiger partial charge on any atom is -0.324 e. The van der Waals surface area contributed by atoms with Gasteiger partial charge in [0.25, 0.3) is 0 Å². The number of carbonyl (C=O) groups is 2. The Morgan fingerprint density at radius 3 is 2.59 bits per heavy atom. The molecule has 0 aliphatic carbocycles.